The van der Waals surface area contributed by atoms with Crippen LogP contribution in [0.1, 0.15) is 13.3 Å². The fraction of sp³-hybridized carbons (Fsp3) is 0.615. The molecule has 0 spiro atoms. The van der Waals surface area contributed by atoms with Crippen LogP contribution in [0, 0.1) is 0 Å². The molecule has 0 amide bonds. The number of carboxylic acids is 1. The first-order chi connectivity index (χ1) is 8.70. The van der Waals surface area contributed by atoms with E-state index in [4.69, 9.17) is 9.84 Å². The number of hydrogen-bond acceptors (Lipinski definition) is 4. The Bertz CT molecular complexity index is 267. The van der Waals surface area contributed by atoms with Gasteiger partial charge in [0.1, 0.15) is 0 Å². The largest absolute Gasteiger partial charge is 0.481 e. The molecule has 0 saturated carbocycles. The lowest BCUT2D eigenvalue weighted by molar-refractivity contribution is -0.136. The summed E-state index contributed by atoms with van der Waals surface area (Å²) in [5.74, 6) is 0.00403. The number of thioether (sulfide) groups is 1. The van der Waals surface area contributed by atoms with Crippen molar-refractivity contribution < 1.29 is 14.6 Å². The molecule has 0 aromatic rings. The van der Waals surface area contributed by atoms with Crippen molar-refractivity contribution in [1.29, 1.82) is 0 Å². The van der Waals surface area contributed by atoms with Gasteiger partial charge in [0.05, 0.1) is 13.0 Å². The van der Waals surface area contributed by atoms with Crippen LogP contribution >= 0.6 is 11.8 Å². The minimum Gasteiger partial charge on any atom is -0.481 e. The van der Waals surface area contributed by atoms with Crippen molar-refractivity contribution in [3.63, 3.8) is 0 Å². The molecule has 1 aliphatic heterocycles. The molecule has 0 aliphatic carbocycles. The molecule has 0 atom stereocenters. The van der Waals surface area contributed by atoms with Gasteiger partial charge in [-0.25, -0.2) is 0 Å². The maximum Gasteiger partial charge on any atom is 0.304 e. The van der Waals surface area contributed by atoms with Gasteiger partial charge in [-0.1, -0.05) is 12.2 Å². The van der Waals surface area contributed by atoms with Crippen LogP contribution < -0.4 is 0 Å². The minimum absolute atomic E-state index is 0.279. The van der Waals surface area contributed by atoms with E-state index in [1.165, 1.54) is 0 Å². The van der Waals surface area contributed by atoms with Crippen LogP contribution in [0.3, 0.4) is 0 Å². The van der Waals surface area contributed by atoms with Crippen LogP contribution in [0.2, 0.25) is 0 Å². The summed E-state index contributed by atoms with van der Waals surface area (Å²) in [7, 11) is 0. The van der Waals surface area contributed by atoms with Crippen LogP contribution in [0.4, 0.5) is 0 Å². The highest BCUT2D eigenvalue weighted by Gasteiger charge is 1.97. The second-order valence-corrected chi connectivity index (χ2v) is 4.58. The third-order valence-corrected chi connectivity index (χ3v) is 2.74. The lowest BCUT2D eigenvalue weighted by Gasteiger charge is -2.19. The van der Waals surface area contributed by atoms with Gasteiger partial charge in [-0.3, -0.25) is 4.79 Å². The van der Waals surface area contributed by atoms with Crippen LogP contribution in [0.5, 0.6) is 0 Å². The van der Waals surface area contributed by atoms with Gasteiger partial charge in [0, 0.05) is 25.4 Å². The first-order valence-corrected chi connectivity index (χ1v) is 7.46. The fourth-order valence-corrected chi connectivity index (χ4v) is 1.57. The molecule has 0 fully saturated rings. The van der Waals surface area contributed by atoms with Crippen LogP contribution in [-0.4, -0.2) is 54.3 Å². The molecule has 1 heterocycles. The van der Waals surface area contributed by atoms with E-state index >= 15 is 0 Å². The van der Waals surface area contributed by atoms with E-state index in [2.05, 4.69) is 29.3 Å². The quantitative estimate of drug-likeness (QED) is 0.721. The number of ether oxygens (including phenoxy) is 1. The van der Waals surface area contributed by atoms with Crippen LogP contribution in [0.15, 0.2) is 24.4 Å². The van der Waals surface area contributed by atoms with Gasteiger partial charge < -0.3 is 14.7 Å². The van der Waals surface area contributed by atoms with Crippen molar-refractivity contribution in [1.82, 2.24) is 4.90 Å². The average molecular weight is 273 g/mol. The standard InChI is InChI=1S/C9H15NO.C4H8O2S/c1-2-11-9-8-10-6-4-3-5-7-10;1-7-3-2-4(5)6/h3-6H,2,7-9H2,1H3;2-3H2,1H3,(H,5,6). The first kappa shape index (κ1) is 17.1. The SMILES string of the molecule is CCOCCN1C=CC=CC1.CSCCC(=O)O. The topological polar surface area (TPSA) is 49.8 Å². The molecule has 0 saturated heterocycles. The third-order valence-electron chi connectivity index (χ3n) is 2.13. The van der Waals surface area contributed by atoms with E-state index < -0.39 is 5.97 Å². The normalized spacial score (nSPS) is 13.1. The Kier molecular flexibility index (Phi) is 11.9. The minimum atomic E-state index is -0.714. The zero-order valence-electron chi connectivity index (χ0n) is 11.2. The van der Waals surface area contributed by atoms with E-state index in [0.717, 1.165) is 32.1 Å². The third kappa shape index (κ3) is 11.5. The highest BCUT2D eigenvalue weighted by atomic mass is 32.2. The number of hydrogen-bond donors (Lipinski definition) is 1. The number of allylic oxidation sites excluding steroid dienone is 2. The average Bonchev–Trinajstić information content (AvgIpc) is 2.39. The van der Waals surface area contributed by atoms with Gasteiger partial charge in [0.2, 0.25) is 0 Å². The number of aliphatic carboxylic acids is 1. The molecule has 4 nitrogen and oxygen atoms in total. The van der Waals surface area contributed by atoms with E-state index in [-0.39, 0.29) is 6.42 Å². The van der Waals surface area contributed by atoms with Crippen molar-refractivity contribution in [3.8, 4) is 0 Å². The second kappa shape index (κ2) is 12.5. The molecule has 18 heavy (non-hydrogen) atoms. The summed E-state index contributed by atoms with van der Waals surface area (Å²) in [5, 5.41) is 8.03. The lowest BCUT2D eigenvalue weighted by atomic mass is 10.3. The van der Waals surface area contributed by atoms with Gasteiger partial charge in [0.25, 0.3) is 0 Å². The first-order valence-electron chi connectivity index (χ1n) is 6.06. The Morgan fingerprint density at radius 2 is 2.28 bits per heavy atom. The van der Waals surface area contributed by atoms with Gasteiger partial charge in [0.15, 0.2) is 0 Å². The highest BCUT2D eigenvalue weighted by Crippen LogP contribution is 1.97. The molecule has 1 rings (SSSR count). The Labute approximate surface area is 114 Å². The Hall–Kier alpha value is -0.940. The molecular formula is C13H23NO3S. The maximum absolute atomic E-state index is 9.74. The fourth-order valence-electron chi connectivity index (χ4n) is 1.19. The van der Waals surface area contributed by atoms with E-state index in [1.807, 2.05) is 13.2 Å². The van der Waals surface area contributed by atoms with E-state index in [0.29, 0.717) is 0 Å². The summed E-state index contributed by atoms with van der Waals surface area (Å²) in [6.45, 7) is 5.67. The number of nitrogens with zero attached hydrogens (tertiary/aromatic N) is 1. The van der Waals surface area contributed by atoms with Gasteiger partial charge in [-0.05, 0) is 25.5 Å². The van der Waals surface area contributed by atoms with E-state index in [1.54, 1.807) is 11.8 Å². The summed E-state index contributed by atoms with van der Waals surface area (Å²) < 4.78 is 5.24. The van der Waals surface area contributed by atoms with E-state index in [9.17, 15) is 4.79 Å². The molecule has 0 bridgehead atoms. The van der Waals surface area contributed by atoms with Crippen LogP contribution in [-0.2, 0) is 9.53 Å². The number of carboxylic acid groups (broad SMARTS) is 1. The maximum atomic E-state index is 9.74. The Balaban J connectivity index is 0.000000360. The van der Waals surface area contributed by atoms with Gasteiger partial charge in [-0.15, -0.1) is 0 Å². The van der Waals surface area contributed by atoms with Crippen molar-refractivity contribution in [2.45, 2.75) is 13.3 Å². The molecule has 1 N–H and O–H groups in total. The van der Waals surface area contributed by atoms with Gasteiger partial charge >= 0.3 is 5.97 Å². The Morgan fingerprint density at radius 1 is 1.50 bits per heavy atom. The van der Waals surface area contributed by atoms with Crippen molar-refractivity contribution in [3.05, 3.63) is 24.4 Å². The second-order valence-electron chi connectivity index (χ2n) is 3.60. The molecule has 0 radical (unpaired) electrons. The smallest absolute Gasteiger partial charge is 0.304 e. The van der Waals surface area contributed by atoms with Crippen molar-refractivity contribution in [2.75, 3.05) is 38.3 Å². The molecule has 1 aliphatic rings. The van der Waals surface area contributed by atoms with Crippen LogP contribution in [0.25, 0.3) is 0 Å². The van der Waals surface area contributed by atoms with Crippen molar-refractivity contribution in [2.24, 2.45) is 0 Å². The predicted molar refractivity (Wildman–Crippen MR) is 77.0 cm³/mol. The van der Waals surface area contributed by atoms with Gasteiger partial charge in [-0.2, -0.15) is 11.8 Å². The molecule has 0 aromatic carbocycles. The molecule has 0 aromatic heterocycles. The highest BCUT2D eigenvalue weighted by molar-refractivity contribution is 7.98. The Morgan fingerprint density at radius 3 is 2.72 bits per heavy atom. The molecule has 0 unspecified atom stereocenters. The zero-order valence-corrected chi connectivity index (χ0v) is 12.0. The summed E-state index contributed by atoms with van der Waals surface area (Å²) in [6.07, 6.45) is 10.5. The number of rotatable bonds is 7. The monoisotopic (exact) mass is 273 g/mol. The summed E-state index contributed by atoms with van der Waals surface area (Å²) in [5.41, 5.74) is 0. The number of carbonyl (C=O) groups is 1. The van der Waals surface area contributed by atoms with Crippen molar-refractivity contribution >= 4 is 17.7 Å². The molecular weight excluding hydrogens is 250 g/mol. The zero-order chi connectivity index (χ0) is 13.6. The summed E-state index contributed by atoms with van der Waals surface area (Å²) >= 11 is 1.55. The lowest BCUT2D eigenvalue weighted by Crippen LogP contribution is -2.23. The molecule has 5 heteroatoms. The summed E-state index contributed by atoms with van der Waals surface area (Å²) in [6, 6.07) is 0. The predicted octanol–water partition coefficient (Wildman–Crippen LogP) is 2.23. The molecule has 104 valence electrons. The summed E-state index contributed by atoms with van der Waals surface area (Å²) in [4.78, 5) is 12.0.